The molecule has 8 heterocycles. The lowest BCUT2D eigenvalue weighted by Gasteiger charge is -1.87. The van der Waals surface area contributed by atoms with Gasteiger partial charge in [-0.25, -0.2) is 9.97 Å². The molecule has 0 atom stereocenters. The molecule has 0 unspecified atom stereocenters. The largest absolute Gasteiger partial charge is 0.349 e. The van der Waals surface area contributed by atoms with Crippen LogP contribution >= 0.6 is 34.0 Å². The highest BCUT2D eigenvalue weighted by atomic mass is 32.1. The van der Waals surface area contributed by atoms with Crippen LogP contribution in [0.15, 0.2) is 163 Å². The Morgan fingerprint density at radius 3 is 1.44 bits per heavy atom. The number of aromatic amines is 1. The number of rotatable bonds is 0. The molecule has 0 fully saturated rings. The Kier molecular flexibility index (Phi) is 29.4. The summed E-state index contributed by atoms with van der Waals surface area (Å²) in [4.78, 5) is 35.3. The predicted molar refractivity (Wildman–Crippen MR) is 250 cm³/mol. The van der Waals surface area contributed by atoms with Crippen molar-refractivity contribution in [1.82, 2.24) is 49.4 Å². The number of hydrogen-bond acceptors (Lipinski definition) is 11. The average molecular weight is 847 g/mol. The van der Waals surface area contributed by atoms with Gasteiger partial charge in [0.25, 0.3) is 0 Å². The molecule has 310 valence electrons. The zero-order valence-corrected chi connectivity index (χ0v) is 38.3. The molecule has 10 nitrogen and oxygen atoms in total. The summed E-state index contributed by atoms with van der Waals surface area (Å²) in [6.45, 7) is 18.1. The van der Waals surface area contributed by atoms with Crippen LogP contribution < -0.4 is 0 Å². The molecule has 0 radical (unpaired) electrons. The maximum absolute atomic E-state index is 3.98. The van der Waals surface area contributed by atoms with E-state index in [2.05, 4.69) is 63.9 Å². The van der Waals surface area contributed by atoms with E-state index < -0.39 is 0 Å². The Morgan fingerprint density at radius 2 is 1.22 bits per heavy atom. The standard InChI is InChI=1S/C7H8.3C6H7N.C5H8N2.C4H6N2.3C4H5NS/c1-7-5-3-2-4-6-7;1-6-2-4-7-5-3-6;1-6-3-2-4-7-5-6;1-6-4-2-3-5-7-6;1-5-6-3-4-7(5)2;1-4-2-5-3-6-4;1-4-2-6-3-5-4;1-4-2-5-3-6-4;1-4-5-2-3-6-4/h2-6H,1H3;3*2-5H,1H3;3-4H,1-2H3;2-3H,1H3,(H,5,6);3*2-3H,1H3. The summed E-state index contributed by atoms with van der Waals surface area (Å²) < 4.78 is 1.97. The van der Waals surface area contributed by atoms with Crippen molar-refractivity contribution in [1.29, 1.82) is 0 Å². The SMILES string of the molecule is Cc1ccccc1.Cc1ccccn1.Cc1cccnc1.Cc1ccncc1.Cc1cnc[nH]1.Cc1cncs1.Cc1cscn1.Cc1nccn1C.Cc1nccs1. The number of imidazole rings is 2. The quantitative estimate of drug-likeness (QED) is 0.160. The van der Waals surface area contributed by atoms with Crippen molar-refractivity contribution in [2.75, 3.05) is 0 Å². The van der Waals surface area contributed by atoms with Gasteiger partial charge in [0.2, 0.25) is 0 Å². The first-order chi connectivity index (χ1) is 28.5. The first-order valence-corrected chi connectivity index (χ1v) is 21.2. The molecule has 0 bridgehead atoms. The summed E-state index contributed by atoms with van der Waals surface area (Å²) in [5.41, 5.74) is 10.7. The van der Waals surface area contributed by atoms with E-state index in [-0.39, 0.29) is 0 Å². The van der Waals surface area contributed by atoms with Crippen LogP contribution in [-0.4, -0.2) is 49.4 Å². The van der Waals surface area contributed by atoms with E-state index in [1.165, 1.54) is 21.6 Å². The number of nitrogens with one attached hydrogen (secondary N) is 1. The summed E-state index contributed by atoms with van der Waals surface area (Å²) in [5, 5.41) is 5.12. The van der Waals surface area contributed by atoms with Gasteiger partial charge in [0, 0.05) is 102 Å². The Balaban J connectivity index is 0.000000332. The van der Waals surface area contributed by atoms with Crippen LogP contribution in [0, 0.1) is 62.3 Å². The van der Waals surface area contributed by atoms with Gasteiger partial charge in [-0.2, -0.15) is 0 Å². The normalized spacial score (nSPS) is 8.85. The minimum Gasteiger partial charge on any atom is -0.349 e. The van der Waals surface area contributed by atoms with Crippen molar-refractivity contribution >= 4 is 34.0 Å². The second-order valence-electron chi connectivity index (χ2n) is 12.3. The number of hydrogen-bond donors (Lipinski definition) is 1. The third-order valence-electron chi connectivity index (χ3n) is 6.77. The van der Waals surface area contributed by atoms with Crippen molar-refractivity contribution < 1.29 is 0 Å². The van der Waals surface area contributed by atoms with Crippen LogP contribution in [0.5, 0.6) is 0 Å². The molecule has 0 saturated heterocycles. The number of pyridine rings is 3. The molecule has 0 amide bonds. The first-order valence-electron chi connectivity index (χ1n) is 18.5. The summed E-state index contributed by atoms with van der Waals surface area (Å²) in [7, 11) is 1.97. The minimum atomic E-state index is 1.06. The molecule has 59 heavy (non-hydrogen) atoms. The molecular formula is C46H58N10S3. The van der Waals surface area contributed by atoms with Gasteiger partial charge in [0.05, 0.1) is 22.4 Å². The Hall–Kier alpha value is -6.02. The van der Waals surface area contributed by atoms with E-state index in [9.17, 15) is 0 Å². The Morgan fingerprint density at radius 1 is 0.508 bits per heavy atom. The Labute approximate surface area is 363 Å². The third-order valence-corrected chi connectivity index (χ3v) is 8.89. The second kappa shape index (κ2) is 34.1. The number of H-pyrrole nitrogens is 1. The van der Waals surface area contributed by atoms with Crippen LogP contribution in [0.3, 0.4) is 0 Å². The first kappa shape index (κ1) is 51.0. The predicted octanol–water partition coefficient (Wildman–Crippen LogP) is 12.0. The topological polar surface area (TPSA) is 124 Å². The maximum atomic E-state index is 3.98. The summed E-state index contributed by atoms with van der Waals surface area (Å²) in [6.07, 6.45) is 19.8. The molecule has 1 aromatic carbocycles. The fraction of sp³-hybridized carbons (Fsp3) is 0.217. The molecular weight excluding hydrogens is 789 g/mol. The summed E-state index contributed by atoms with van der Waals surface area (Å²) in [5.74, 6) is 1.06. The van der Waals surface area contributed by atoms with Gasteiger partial charge in [-0.1, -0.05) is 48.0 Å². The number of benzene rings is 1. The maximum Gasteiger partial charge on any atom is 0.105 e. The highest BCUT2D eigenvalue weighted by Crippen LogP contribution is 2.00. The highest BCUT2D eigenvalue weighted by molar-refractivity contribution is 7.09. The lowest BCUT2D eigenvalue weighted by molar-refractivity contribution is 0.858. The Bertz CT molecular complexity index is 1850. The van der Waals surface area contributed by atoms with Gasteiger partial charge in [-0.05, 0) is 104 Å². The van der Waals surface area contributed by atoms with E-state index in [1.807, 2.05) is 168 Å². The van der Waals surface area contributed by atoms with Gasteiger partial charge in [-0.15, -0.1) is 34.0 Å². The monoisotopic (exact) mass is 846 g/mol. The van der Waals surface area contributed by atoms with Crippen LogP contribution in [0.4, 0.5) is 0 Å². The lowest BCUT2D eigenvalue weighted by Crippen LogP contribution is -1.86. The number of thiazole rings is 3. The zero-order chi connectivity index (χ0) is 43.4. The molecule has 13 heteroatoms. The molecule has 9 aromatic rings. The van der Waals surface area contributed by atoms with Gasteiger partial charge in [-0.3, -0.25) is 29.9 Å². The van der Waals surface area contributed by atoms with Crippen molar-refractivity contribution in [3.05, 3.63) is 212 Å². The number of aryl methyl sites for hydroxylation is 10. The zero-order valence-electron chi connectivity index (χ0n) is 35.8. The van der Waals surface area contributed by atoms with E-state index in [1.54, 1.807) is 83.7 Å². The van der Waals surface area contributed by atoms with Crippen molar-refractivity contribution in [3.8, 4) is 0 Å². The molecule has 1 N–H and O–H groups in total. The van der Waals surface area contributed by atoms with Gasteiger partial charge >= 0.3 is 0 Å². The van der Waals surface area contributed by atoms with Crippen molar-refractivity contribution in [3.63, 3.8) is 0 Å². The van der Waals surface area contributed by atoms with Crippen LogP contribution in [0.25, 0.3) is 0 Å². The van der Waals surface area contributed by atoms with Crippen LogP contribution in [0.1, 0.15) is 49.5 Å². The third kappa shape index (κ3) is 31.7. The average Bonchev–Trinajstić information content (AvgIpc) is 4.12. The molecule has 8 aromatic heterocycles. The van der Waals surface area contributed by atoms with Gasteiger partial charge < -0.3 is 9.55 Å². The molecule has 0 spiro atoms. The second-order valence-corrected chi connectivity index (χ2v) is 15.2. The van der Waals surface area contributed by atoms with Gasteiger partial charge in [0.1, 0.15) is 5.82 Å². The van der Waals surface area contributed by atoms with Crippen molar-refractivity contribution in [2.45, 2.75) is 62.3 Å². The summed E-state index contributed by atoms with van der Waals surface area (Å²) >= 11 is 4.96. The minimum absolute atomic E-state index is 1.06. The van der Waals surface area contributed by atoms with E-state index in [4.69, 9.17) is 0 Å². The van der Waals surface area contributed by atoms with E-state index in [0.29, 0.717) is 0 Å². The van der Waals surface area contributed by atoms with Gasteiger partial charge in [0.15, 0.2) is 0 Å². The van der Waals surface area contributed by atoms with Crippen molar-refractivity contribution in [2.24, 2.45) is 7.05 Å². The number of nitrogens with zero attached hydrogens (tertiary/aromatic N) is 9. The molecule has 0 aliphatic carbocycles. The molecule has 0 aliphatic rings. The van der Waals surface area contributed by atoms with E-state index >= 15 is 0 Å². The van der Waals surface area contributed by atoms with Crippen LogP contribution in [0.2, 0.25) is 0 Å². The fourth-order valence-corrected chi connectivity index (χ4v) is 4.87. The molecule has 0 aliphatic heterocycles. The summed E-state index contributed by atoms with van der Waals surface area (Å²) in [6, 6.07) is 24.0. The smallest absolute Gasteiger partial charge is 0.105 e. The highest BCUT2D eigenvalue weighted by Gasteiger charge is 1.84. The lowest BCUT2D eigenvalue weighted by atomic mass is 10.2. The van der Waals surface area contributed by atoms with E-state index in [0.717, 1.165) is 27.9 Å². The number of aromatic nitrogens is 10. The van der Waals surface area contributed by atoms with Crippen LogP contribution in [-0.2, 0) is 7.05 Å². The molecule has 0 saturated carbocycles. The fourth-order valence-electron chi connectivity index (χ4n) is 3.47. The molecule has 9 rings (SSSR count).